The molecule has 2 aliphatic carbocycles. The second-order valence-electron chi connectivity index (χ2n) is 8.83. The first-order valence-electron chi connectivity index (χ1n) is 11.2. The van der Waals surface area contributed by atoms with E-state index in [4.69, 9.17) is 28.5 Å². The third-order valence-electron chi connectivity index (χ3n) is 5.45. The van der Waals surface area contributed by atoms with E-state index in [-0.39, 0.29) is 6.10 Å². The molecule has 1 N–H and O–H groups in total. The Morgan fingerprint density at radius 2 is 1.32 bits per heavy atom. The maximum absolute atomic E-state index is 7.64. The van der Waals surface area contributed by atoms with Crippen molar-refractivity contribution in [3.05, 3.63) is 103 Å². The minimum absolute atomic E-state index is 0.0602. The molecule has 2 nitrogen and oxygen atoms in total. The van der Waals surface area contributed by atoms with Gasteiger partial charge in [0.25, 0.3) is 0 Å². The van der Waals surface area contributed by atoms with Crippen molar-refractivity contribution in [2.45, 2.75) is 46.6 Å². The van der Waals surface area contributed by atoms with Gasteiger partial charge in [-0.15, -0.1) is 0 Å². The van der Waals surface area contributed by atoms with E-state index in [2.05, 4.69) is 83.2 Å². The SMILES string of the molecule is CC(C)OO.CC1=Cc2cc(Cl)cc(-c3ccccc3)c2C1.CC1=Cc2cc(Cl)cc(Br)c2C1. The van der Waals surface area contributed by atoms with Crippen molar-refractivity contribution < 1.29 is 10.1 Å². The van der Waals surface area contributed by atoms with E-state index in [1.165, 1.54) is 44.5 Å². The van der Waals surface area contributed by atoms with Gasteiger partial charge in [-0.2, -0.15) is 0 Å². The molecular formula is C29H29BrCl2O2. The number of allylic oxidation sites excluding steroid dienone is 2. The summed E-state index contributed by atoms with van der Waals surface area (Å²) in [7, 11) is 0. The zero-order valence-electron chi connectivity index (χ0n) is 19.8. The largest absolute Gasteiger partial charge is 0.252 e. The molecule has 3 aromatic carbocycles. The van der Waals surface area contributed by atoms with E-state index in [0.29, 0.717) is 0 Å². The lowest BCUT2D eigenvalue weighted by Gasteiger charge is -2.10. The summed E-state index contributed by atoms with van der Waals surface area (Å²) in [4.78, 5) is 3.75. The molecule has 0 heterocycles. The smallest absolute Gasteiger partial charge is 0.0871 e. The fourth-order valence-corrected chi connectivity index (χ4v) is 5.19. The van der Waals surface area contributed by atoms with Gasteiger partial charge in [-0.05, 0) is 98.2 Å². The molecule has 5 rings (SSSR count). The van der Waals surface area contributed by atoms with Gasteiger partial charge in [0.1, 0.15) is 0 Å². The van der Waals surface area contributed by atoms with Crippen LogP contribution in [-0.2, 0) is 17.7 Å². The Labute approximate surface area is 220 Å². The van der Waals surface area contributed by atoms with Crippen LogP contribution in [0.15, 0.2) is 70.2 Å². The number of hydrogen-bond acceptors (Lipinski definition) is 2. The Bertz CT molecular complexity index is 1210. The second-order valence-corrected chi connectivity index (χ2v) is 10.6. The van der Waals surface area contributed by atoms with Crippen LogP contribution in [0.25, 0.3) is 23.3 Å². The first-order valence-corrected chi connectivity index (χ1v) is 12.7. The monoisotopic (exact) mass is 558 g/mol. The van der Waals surface area contributed by atoms with E-state index in [9.17, 15) is 0 Å². The lowest BCUT2D eigenvalue weighted by atomic mass is 9.96. The van der Waals surface area contributed by atoms with E-state index in [1.54, 1.807) is 13.8 Å². The van der Waals surface area contributed by atoms with Gasteiger partial charge in [0.05, 0.1) is 6.10 Å². The highest BCUT2D eigenvalue weighted by Gasteiger charge is 2.16. The molecule has 0 spiro atoms. The second kappa shape index (κ2) is 12.2. The number of halogens is 3. The van der Waals surface area contributed by atoms with Gasteiger partial charge in [0.2, 0.25) is 0 Å². The first-order chi connectivity index (χ1) is 16.2. The maximum atomic E-state index is 7.64. The van der Waals surface area contributed by atoms with E-state index in [0.717, 1.165) is 27.4 Å². The fraction of sp³-hybridized carbons (Fsp3) is 0.241. The van der Waals surface area contributed by atoms with Crippen LogP contribution in [0.5, 0.6) is 0 Å². The van der Waals surface area contributed by atoms with Gasteiger partial charge in [0, 0.05) is 14.5 Å². The Morgan fingerprint density at radius 3 is 1.88 bits per heavy atom. The highest BCUT2D eigenvalue weighted by molar-refractivity contribution is 9.10. The normalized spacial score (nSPS) is 13.2. The minimum Gasteiger partial charge on any atom is -0.252 e. The van der Waals surface area contributed by atoms with Crippen LogP contribution in [0.2, 0.25) is 10.0 Å². The number of rotatable bonds is 2. The predicted octanol–water partition coefficient (Wildman–Crippen LogP) is 9.91. The summed E-state index contributed by atoms with van der Waals surface area (Å²) in [6.07, 6.45) is 6.44. The molecule has 0 saturated heterocycles. The van der Waals surface area contributed by atoms with Gasteiger partial charge >= 0.3 is 0 Å². The summed E-state index contributed by atoms with van der Waals surface area (Å²) in [5.41, 5.74) is 10.6. The molecule has 0 unspecified atom stereocenters. The molecular weight excluding hydrogens is 531 g/mol. The lowest BCUT2D eigenvalue weighted by molar-refractivity contribution is -0.269. The van der Waals surface area contributed by atoms with Crippen LogP contribution in [0.3, 0.4) is 0 Å². The number of fused-ring (bicyclic) bond motifs is 2. The quantitative estimate of drug-likeness (QED) is 0.250. The summed E-state index contributed by atoms with van der Waals surface area (Å²) >= 11 is 15.6. The van der Waals surface area contributed by atoms with Crippen molar-refractivity contribution in [1.82, 2.24) is 0 Å². The number of hydrogen-bond donors (Lipinski definition) is 1. The zero-order valence-corrected chi connectivity index (χ0v) is 22.9. The van der Waals surface area contributed by atoms with Gasteiger partial charge < -0.3 is 0 Å². The first kappa shape index (κ1) is 26.7. The molecule has 0 saturated carbocycles. The van der Waals surface area contributed by atoms with Crippen LogP contribution in [0.4, 0.5) is 0 Å². The van der Waals surface area contributed by atoms with Crippen molar-refractivity contribution in [2.75, 3.05) is 0 Å². The van der Waals surface area contributed by atoms with Gasteiger partial charge in [-0.1, -0.05) is 92.8 Å². The summed E-state index contributed by atoms with van der Waals surface area (Å²) in [5.74, 6) is 0. The molecule has 2 aliphatic rings. The molecule has 0 amide bonds. The number of benzene rings is 3. The summed E-state index contributed by atoms with van der Waals surface area (Å²) < 4.78 is 1.12. The molecule has 178 valence electrons. The molecule has 5 heteroatoms. The molecule has 0 fully saturated rings. The Kier molecular flexibility index (Phi) is 9.58. The highest BCUT2D eigenvalue weighted by Crippen LogP contribution is 2.36. The molecule has 0 aliphatic heterocycles. The molecule has 0 radical (unpaired) electrons. The summed E-state index contributed by atoms with van der Waals surface area (Å²) in [5, 5.41) is 9.25. The maximum Gasteiger partial charge on any atom is 0.0871 e. The average Bonchev–Trinajstić information content (AvgIpc) is 3.35. The van der Waals surface area contributed by atoms with Crippen molar-refractivity contribution in [1.29, 1.82) is 0 Å². The van der Waals surface area contributed by atoms with Crippen molar-refractivity contribution in [3.63, 3.8) is 0 Å². The minimum atomic E-state index is -0.0602. The van der Waals surface area contributed by atoms with Crippen LogP contribution in [0, 0.1) is 0 Å². The van der Waals surface area contributed by atoms with Crippen LogP contribution < -0.4 is 0 Å². The third kappa shape index (κ3) is 7.07. The van der Waals surface area contributed by atoms with E-state index < -0.39 is 0 Å². The van der Waals surface area contributed by atoms with Crippen LogP contribution >= 0.6 is 39.1 Å². The van der Waals surface area contributed by atoms with Crippen molar-refractivity contribution in [3.8, 4) is 11.1 Å². The lowest BCUT2D eigenvalue weighted by Crippen LogP contribution is -1.95. The molecule has 0 bridgehead atoms. The fourth-order valence-electron chi connectivity index (χ4n) is 3.99. The Balaban J connectivity index is 0.000000166. The highest BCUT2D eigenvalue weighted by atomic mass is 79.9. The Morgan fingerprint density at radius 1 is 0.824 bits per heavy atom. The zero-order chi connectivity index (χ0) is 24.8. The van der Waals surface area contributed by atoms with Gasteiger partial charge in [-0.3, -0.25) is 5.26 Å². The molecule has 0 aromatic heterocycles. The molecule has 0 atom stereocenters. The van der Waals surface area contributed by atoms with Crippen LogP contribution in [-0.4, -0.2) is 11.4 Å². The average molecular weight is 560 g/mol. The van der Waals surface area contributed by atoms with Gasteiger partial charge in [0.15, 0.2) is 0 Å². The molecule has 3 aromatic rings. The topological polar surface area (TPSA) is 29.5 Å². The standard InChI is InChI=1S/C16H13Cl.C10H8BrCl.C3H8O2/c1-11-7-13-9-14(17)10-16(15(13)8-11)12-5-3-2-4-6-12;1-6-2-7-4-8(12)5-10(11)9(7)3-6;1-3(2)5-4/h2-7,9-10H,8H2,1H3;2,4-5H,3H2,1H3;3-4H,1-2H3. The van der Waals surface area contributed by atoms with E-state index >= 15 is 0 Å². The van der Waals surface area contributed by atoms with Crippen LogP contribution in [0.1, 0.15) is 49.9 Å². The van der Waals surface area contributed by atoms with E-state index in [1.807, 2.05) is 18.2 Å². The molecule has 34 heavy (non-hydrogen) atoms. The summed E-state index contributed by atoms with van der Waals surface area (Å²) in [6, 6.07) is 18.5. The van der Waals surface area contributed by atoms with Crippen molar-refractivity contribution >= 4 is 51.3 Å². The summed E-state index contributed by atoms with van der Waals surface area (Å²) in [6.45, 7) is 7.81. The van der Waals surface area contributed by atoms with Gasteiger partial charge in [-0.25, -0.2) is 4.89 Å². The predicted molar refractivity (Wildman–Crippen MR) is 150 cm³/mol. The Hall–Kier alpha value is -1.88. The third-order valence-corrected chi connectivity index (χ3v) is 6.60. The van der Waals surface area contributed by atoms with Crippen molar-refractivity contribution in [2.24, 2.45) is 0 Å².